The van der Waals surface area contributed by atoms with Crippen LogP contribution in [0.5, 0.6) is 0 Å². The molecule has 0 atom stereocenters. The van der Waals surface area contributed by atoms with Gasteiger partial charge in [-0.3, -0.25) is 0 Å². The molecule has 2 aromatic rings. The lowest BCUT2D eigenvalue weighted by atomic mass is 9.88. The van der Waals surface area contributed by atoms with E-state index in [0.29, 0.717) is 5.41 Å². The summed E-state index contributed by atoms with van der Waals surface area (Å²) < 4.78 is 0. The second-order valence-corrected chi connectivity index (χ2v) is 5.68. The van der Waals surface area contributed by atoms with Gasteiger partial charge < -0.3 is 0 Å². The molecular weight excluding hydrogens is 210 g/mol. The predicted molar refractivity (Wildman–Crippen MR) is 69.3 cm³/mol. The summed E-state index contributed by atoms with van der Waals surface area (Å²) in [6.07, 6.45) is 2.85. The number of aryl methyl sites for hydroxylation is 1. The zero-order chi connectivity index (χ0) is 12.5. The quantitative estimate of drug-likeness (QED) is 0.792. The highest BCUT2D eigenvalue weighted by Gasteiger charge is 2.11. The van der Waals surface area contributed by atoms with Crippen molar-refractivity contribution >= 4 is 0 Å². The molecule has 0 N–H and O–H groups in total. The first-order valence-electron chi connectivity index (χ1n) is 5.92. The van der Waals surface area contributed by atoms with Crippen molar-refractivity contribution in [1.82, 2.24) is 15.0 Å². The Morgan fingerprint density at radius 1 is 1.12 bits per heavy atom. The molecule has 3 heteroatoms. The van der Waals surface area contributed by atoms with E-state index in [0.717, 1.165) is 17.8 Å². The van der Waals surface area contributed by atoms with E-state index in [4.69, 9.17) is 0 Å². The van der Waals surface area contributed by atoms with Gasteiger partial charge in [-0.2, -0.15) is 15.0 Å². The van der Waals surface area contributed by atoms with Crippen molar-refractivity contribution in [3.8, 4) is 5.69 Å². The maximum atomic E-state index is 4.29. The van der Waals surface area contributed by atoms with Crippen LogP contribution in [0.15, 0.2) is 30.5 Å². The highest BCUT2D eigenvalue weighted by atomic mass is 15.5. The molecule has 0 bridgehead atoms. The minimum absolute atomic E-state index is 0.321. The van der Waals surface area contributed by atoms with Crippen LogP contribution in [0.3, 0.4) is 0 Å². The third-order valence-corrected chi connectivity index (χ3v) is 2.51. The van der Waals surface area contributed by atoms with Crippen LogP contribution in [0.2, 0.25) is 0 Å². The van der Waals surface area contributed by atoms with Crippen molar-refractivity contribution in [3.63, 3.8) is 0 Å². The third kappa shape index (κ3) is 3.16. The van der Waals surface area contributed by atoms with Crippen molar-refractivity contribution in [3.05, 3.63) is 41.7 Å². The number of hydrogen-bond acceptors (Lipinski definition) is 2. The maximum Gasteiger partial charge on any atom is 0.0856 e. The van der Waals surface area contributed by atoms with Gasteiger partial charge in [0.15, 0.2) is 0 Å². The van der Waals surface area contributed by atoms with E-state index in [1.165, 1.54) is 5.56 Å². The number of rotatable bonds is 2. The van der Waals surface area contributed by atoms with Crippen molar-refractivity contribution in [1.29, 1.82) is 0 Å². The monoisotopic (exact) mass is 229 g/mol. The average molecular weight is 229 g/mol. The first-order valence-corrected chi connectivity index (χ1v) is 5.92. The van der Waals surface area contributed by atoms with Gasteiger partial charge in [-0.25, -0.2) is 0 Å². The van der Waals surface area contributed by atoms with Crippen LogP contribution >= 0.6 is 0 Å². The molecule has 0 fully saturated rings. The van der Waals surface area contributed by atoms with Gasteiger partial charge in [-0.05, 0) is 36.5 Å². The van der Waals surface area contributed by atoms with Gasteiger partial charge in [0.05, 0.1) is 17.6 Å². The second-order valence-electron chi connectivity index (χ2n) is 5.68. The van der Waals surface area contributed by atoms with Crippen molar-refractivity contribution in [2.45, 2.75) is 34.1 Å². The van der Waals surface area contributed by atoms with Crippen LogP contribution in [0.25, 0.3) is 5.69 Å². The summed E-state index contributed by atoms with van der Waals surface area (Å²) in [6.45, 7) is 8.69. The molecular formula is C14H19N3. The smallest absolute Gasteiger partial charge is 0.0856 e. The number of benzene rings is 1. The van der Waals surface area contributed by atoms with Gasteiger partial charge in [-0.1, -0.05) is 32.9 Å². The fourth-order valence-electron chi connectivity index (χ4n) is 1.82. The van der Waals surface area contributed by atoms with E-state index in [1.807, 2.05) is 6.92 Å². The van der Waals surface area contributed by atoms with Gasteiger partial charge in [-0.15, -0.1) is 0 Å². The number of hydrogen-bond donors (Lipinski definition) is 0. The predicted octanol–water partition coefficient (Wildman–Crippen LogP) is 3.16. The summed E-state index contributed by atoms with van der Waals surface area (Å²) in [5.74, 6) is 0. The molecule has 0 saturated carbocycles. The molecule has 1 aromatic heterocycles. The summed E-state index contributed by atoms with van der Waals surface area (Å²) in [4.78, 5) is 1.66. The fraction of sp³-hybridized carbons (Fsp3) is 0.429. The van der Waals surface area contributed by atoms with E-state index in [2.05, 4.69) is 55.2 Å². The van der Waals surface area contributed by atoms with Crippen LogP contribution in [-0.4, -0.2) is 15.0 Å². The molecule has 1 heterocycles. The highest BCUT2D eigenvalue weighted by molar-refractivity contribution is 5.33. The van der Waals surface area contributed by atoms with Gasteiger partial charge in [0.2, 0.25) is 0 Å². The summed E-state index contributed by atoms with van der Waals surface area (Å²) in [7, 11) is 0. The molecule has 17 heavy (non-hydrogen) atoms. The highest BCUT2D eigenvalue weighted by Crippen LogP contribution is 2.21. The molecule has 0 aliphatic rings. The Balaban J connectivity index is 2.19. The van der Waals surface area contributed by atoms with Crippen LogP contribution in [0.4, 0.5) is 0 Å². The topological polar surface area (TPSA) is 30.7 Å². The van der Waals surface area contributed by atoms with Crippen LogP contribution < -0.4 is 0 Å². The molecule has 0 aliphatic carbocycles. The lowest BCUT2D eigenvalue weighted by Crippen LogP contribution is -2.09. The van der Waals surface area contributed by atoms with E-state index in [-0.39, 0.29) is 0 Å². The molecule has 2 rings (SSSR count). The van der Waals surface area contributed by atoms with E-state index in [9.17, 15) is 0 Å². The maximum absolute atomic E-state index is 4.29. The number of nitrogens with zero attached hydrogens (tertiary/aromatic N) is 3. The lowest BCUT2D eigenvalue weighted by Gasteiger charge is -2.18. The van der Waals surface area contributed by atoms with E-state index in [1.54, 1.807) is 11.0 Å². The van der Waals surface area contributed by atoms with E-state index >= 15 is 0 Å². The molecule has 0 unspecified atom stereocenters. The third-order valence-electron chi connectivity index (χ3n) is 2.51. The Labute approximate surface area is 102 Å². The fourth-order valence-corrected chi connectivity index (χ4v) is 1.82. The SMILES string of the molecule is Cc1cnn(-c2ccc(CC(C)(C)C)cc2)n1. The summed E-state index contributed by atoms with van der Waals surface area (Å²) in [5, 5.41) is 8.49. The molecule has 1 aromatic carbocycles. The standard InChI is InChI=1S/C14H19N3/c1-11-10-15-17(16-11)13-7-5-12(6-8-13)9-14(2,3)4/h5-8,10H,9H2,1-4H3. The van der Waals surface area contributed by atoms with Gasteiger partial charge in [0, 0.05) is 0 Å². The molecule has 0 spiro atoms. The molecule has 0 amide bonds. The Morgan fingerprint density at radius 2 is 1.76 bits per heavy atom. The first kappa shape index (κ1) is 11.8. The summed E-state index contributed by atoms with van der Waals surface area (Å²) in [6, 6.07) is 8.44. The molecule has 90 valence electrons. The van der Waals surface area contributed by atoms with Crippen LogP contribution in [0, 0.1) is 12.3 Å². The second kappa shape index (κ2) is 4.32. The molecule has 0 radical (unpaired) electrons. The Hall–Kier alpha value is -1.64. The van der Waals surface area contributed by atoms with Crippen molar-refractivity contribution in [2.75, 3.05) is 0 Å². The lowest BCUT2D eigenvalue weighted by molar-refractivity contribution is 0.411. The van der Waals surface area contributed by atoms with Crippen LogP contribution in [-0.2, 0) is 6.42 Å². The Kier molecular flexibility index (Phi) is 3.01. The van der Waals surface area contributed by atoms with Gasteiger partial charge in [0.25, 0.3) is 0 Å². The molecule has 0 aliphatic heterocycles. The average Bonchev–Trinajstić information content (AvgIpc) is 2.63. The Bertz CT molecular complexity index is 489. The summed E-state index contributed by atoms with van der Waals surface area (Å²) >= 11 is 0. The largest absolute Gasteiger partial charge is 0.157 e. The first-order chi connectivity index (χ1) is 7.94. The Morgan fingerprint density at radius 3 is 2.24 bits per heavy atom. The van der Waals surface area contributed by atoms with Crippen molar-refractivity contribution < 1.29 is 0 Å². The zero-order valence-electron chi connectivity index (χ0n) is 10.9. The zero-order valence-corrected chi connectivity index (χ0v) is 10.9. The minimum Gasteiger partial charge on any atom is -0.157 e. The van der Waals surface area contributed by atoms with Crippen LogP contribution in [0.1, 0.15) is 32.0 Å². The minimum atomic E-state index is 0.321. The van der Waals surface area contributed by atoms with Gasteiger partial charge >= 0.3 is 0 Å². The molecule has 0 saturated heterocycles. The molecule has 3 nitrogen and oxygen atoms in total. The normalized spacial score (nSPS) is 11.8. The van der Waals surface area contributed by atoms with E-state index < -0.39 is 0 Å². The van der Waals surface area contributed by atoms with Crippen molar-refractivity contribution in [2.24, 2.45) is 5.41 Å². The van der Waals surface area contributed by atoms with Gasteiger partial charge in [0.1, 0.15) is 0 Å². The number of aromatic nitrogens is 3. The summed E-state index contributed by atoms with van der Waals surface area (Å²) in [5.41, 5.74) is 3.62.